The van der Waals surface area contributed by atoms with Gasteiger partial charge in [-0.25, -0.2) is 0 Å². The first kappa shape index (κ1) is 9.17. The van der Waals surface area contributed by atoms with Crippen LogP contribution >= 0.6 is 0 Å². The minimum absolute atomic E-state index is 0.614. The fourth-order valence-electron chi connectivity index (χ4n) is 3.63. The average molecular weight is 195 g/mol. The quantitative estimate of drug-likeness (QED) is 0.588. The van der Waals surface area contributed by atoms with Crippen LogP contribution < -0.4 is 0 Å². The highest BCUT2D eigenvalue weighted by Gasteiger charge is 2.40. The van der Waals surface area contributed by atoms with Crippen molar-refractivity contribution in [1.82, 2.24) is 4.90 Å². The Morgan fingerprint density at radius 2 is 1.79 bits per heavy atom. The van der Waals surface area contributed by atoms with Crippen molar-refractivity contribution in [3.05, 3.63) is 0 Å². The summed E-state index contributed by atoms with van der Waals surface area (Å²) >= 11 is 0. The van der Waals surface area contributed by atoms with E-state index in [4.69, 9.17) is 4.74 Å². The molecule has 3 aliphatic rings. The minimum Gasteiger partial charge on any atom is -0.362 e. The first-order valence-corrected chi connectivity index (χ1v) is 6.31. The van der Waals surface area contributed by atoms with E-state index in [1.165, 1.54) is 51.5 Å². The molecule has 3 rings (SSSR count). The molecule has 0 aromatic heterocycles. The zero-order chi connectivity index (χ0) is 9.38. The van der Waals surface area contributed by atoms with Crippen molar-refractivity contribution in [2.75, 3.05) is 13.3 Å². The molecule has 14 heavy (non-hydrogen) atoms. The van der Waals surface area contributed by atoms with Crippen molar-refractivity contribution >= 4 is 0 Å². The molecule has 0 aromatic carbocycles. The molecule has 1 aliphatic carbocycles. The Balaban J connectivity index is 1.74. The minimum atomic E-state index is 0.614. The average Bonchev–Trinajstić information content (AvgIpc) is 2.29. The summed E-state index contributed by atoms with van der Waals surface area (Å²) in [7, 11) is 0. The van der Waals surface area contributed by atoms with Crippen LogP contribution in [0.25, 0.3) is 0 Å². The topological polar surface area (TPSA) is 12.5 Å². The Hall–Kier alpha value is -0.0800. The summed E-state index contributed by atoms with van der Waals surface area (Å²) in [6.07, 6.45) is 10.5. The Labute approximate surface area is 86.6 Å². The predicted octanol–water partition coefficient (Wildman–Crippen LogP) is 2.39. The second-order valence-corrected chi connectivity index (χ2v) is 5.16. The molecule has 2 heterocycles. The molecule has 1 saturated carbocycles. The Kier molecular flexibility index (Phi) is 2.50. The second kappa shape index (κ2) is 3.82. The first-order valence-electron chi connectivity index (χ1n) is 6.31. The van der Waals surface area contributed by atoms with Crippen LogP contribution in [0, 0.1) is 5.92 Å². The van der Waals surface area contributed by atoms with Gasteiger partial charge in [0.05, 0.1) is 12.8 Å². The highest BCUT2D eigenvalue weighted by Crippen LogP contribution is 2.38. The largest absolute Gasteiger partial charge is 0.362 e. The summed E-state index contributed by atoms with van der Waals surface area (Å²) < 4.78 is 5.98. The van der Waals surface area contributed by atoms with Gasteiger partial charge in [-0.2, -0.15) is 0 Å². The van der Waals surface area contributed by atoms with Gasteiger partial charge in [-0.3, -0.25) is 4.90 Å². The summed E-state index contributed by atoms with van der Waals surface area (Å²) in [5.74, 6) is 0.873. The maximum absolute atomic E-state index is 5.98. The maximum Gasteiger partial charge on any atom is 0.0996 e. The van der Waals surface area contributed by atoms with E-state index in [1.54, 1.807) is 0 Å². The van der Waals surface area contributed by atoms with Crippen molar-refractivity contribution in [1.29, 1.82) is 0 Å². The lowest BCUT2D eigenvalue weighted by Gasteiger charge is -2.49. The van der Waals surface area contributed by atoms with Gasteiger partial charge in [0.2, 0.25) is 0 Å². The SMILES string of the molecule is C1CCC2C(C1)OCN1CCCCC21. The van der Waals surface area contributed by atoms with Gasteiger partial charge in [-0.1, -0.05) is 19.3 Å². The third kappa shape index (κ3) is 1.49. The summed E-state index contributed by atoms with van der Waals surface area (Å²) in [5.41, 5.74) is 0. The van der Waals surface area contributed by atoms with E-state index in [2.05, 4.69) is 4.90 Å². The molecular weight excluding hydrogens is 174 g/mol. The van der Waals surface area contributed by atoms with Crippen molar-refractivity contribution in [3.63, 3.8) is 0 Å². The van der Waals surface area contributed by atoms with Crippen molar-refractivity contribution < 1.29 is 4.74 Å². The van der Waals surface area contributed by atoms with Gasteiger partial charge < -0.3 is 4.74 Å². The van der Waals surface area contributed by atoms with Gasteiger partial charge in [0.1, 0.15) is 0 Å². The van der Waals surface area contributed by atoms with Crippen molar-refractivity contribution in [3.8, 4) is 0 Å². The predicted molar refractivity (Wildman–Crippen MR) is 56.0 cm³/mol. The molecule has 0 N–H and O–H groups in total. The van der Waals surface area contributed by atoms with E-state index in [1.807, 2.05) is 0 Å². The number of hydrogen-bond acceptors (Lipinski definition) is 2. The lowest BCUT2D eigenvalue weighted by Crippen LogP contribution is -2.55. The lowest BCUT2D eigenvalue weighted by atomic mass is 9.77. The van der Waals surface area contributed by atoms with Crippen LogP contribution in [0.5, 0.6) is 0 Å². The monoisotopic (exact) mass is 195 g/mol. The van der Waals surface area contributed by atoms with Crippen LogP contribution in [0.2, 0.25) is 0 Å². The van der Waals surface area contributed by atoms with Gasteiger partial charge >= 0.3 is 0 Å². The zero-order valence-corrected chi connectivity index (χ0v) is 8.95. The molecule has 80 valence electrons. The van der Waals surface area contributed by atoms with E-state index < -0.39 is 0 Å². The molecule has 2 aliphatic heterocycles. The van der Waals surface area contributed by atoms with Gasteiger partial charge in [0, 0.05) is 18.5 Å². The second-order valence-electron chi connectivity index (χ2n) is 5.16. The molecule has 3 atom stereocenters. The lowest BCUT2D eigenvalue weighted by molar-refractivity contribution is -0.156. The molecule has 2 heteroatoms. The third-order valence-electron chi connectivity index (χ3n) is 4.37. The molecule has 0 bridgehead atoms. The highest BCUT2D eigenvalue weighted by molar-refractivity contribution is 4.91. The smallest absolute Gasteiger partial charge is 0.0996 e. The summed E-state index contributed by atoms with van der Waals surface area (Å²) in [5, 5.41) is 0. The van der Waals surface area contributed by atoms with Gasteiger partial charge in [0.25, 0.3) is 0 Å². The van der Waals surface area contributed by atoms with Crippen LogP contribution in [0.15, 0.2) is 0 Å². The molecule has 0 aromatic rings. The summed E-state index contributed by atoms with van der Waals surface area (Å²) in [6.45, 7) is 2.21. The molecule has 0 amide bonds. The normalized spacial score (nSPS) is 44.1. The molecule has 2 saturated heterocycles. The van der Waals surface area contributed by atoms with E-state index >= 15 is 0 Å². The van der Waals surface area contributed by atoms with Crippen LogP contribution in [-0.4, -0.2) is 30.3 Å². The van der Waals surface area contributed by atoms with Gasteiger partial charge in [-0.15, -0.1) is 0 Å². The van der Waals surface area contributed by atoms with Crippen LogP contribution in [0.4, 0.5) is 0 Å². The number of fused-ring (bicyclic) bond motifs is 3. The number of rotatable bonds is 0. The molecule has 3 fully saturated rings. The van der Waals surface area contributed by atoms with Gasteiger partial charge in [0.15, 0.2) is 0 Å². The molecule has 0 radical (unpaired) electrons. The van der Waals surface area contributed by atoms with E-state index in [-0.39, 0.29) is 0 Å². The fourth-order valence-corrected chi connectivity index (χ4v) is 3.63. The van der Waals surface area contributed by atoms with Crippen LogP contribution in [-0.2, 0) is 4.74 Å². The van der Waals surface area contributed by atoms with E-state index in [9.17, 15) is 0 Å². The van der Waals surface area contributed by atoms with Crippen LogP contribution in [0.3, 0.4) is 0 Å². The number of ether oxygens (including phenoxy) is 1. The van der Waals surface area contributed by atoms with E-state index in [0.717, 1.165) is 18.7 Å². The first-order chi connectivity index (χ1) is 6.95. The standard InChI is InChI=1S/C12H21NO/c1-2-7-12-10(5-1)11-6-3-4-8-13(11)9-14-12/h10-12H,1-9H2. The number of nitrogens with zero attached hydrogens (tertiary/aromatic N) is 1. The van der Waals surface area contributed by atoms with Crippen molar-refractivity contribution in [2.45, 2.75) is 57.1 Å². The Morgan fingerprint density at radius 1 is 0.929 bits per heavy atom. The number of piperidine rings is 1. The fraction of sp³-hybridized carbons (Fsp3) is 1.00. The summed E-state index contributed by atoms with van der Waals surface area (Å²) in [6, 6.07) is 0.878. The summed E-state index contributed by atoms with van der Waals surface area (Å²) in [4.78, 5) is 2.59. The number of hydrogen-bond donors (Lipinski definition) is 0. The van der Waals surface area contributed by atoms with Crippen LogP contribution in [0.1, 0.15) is 44.9 Å². The maximum atomic E-state index is 5.98. The Bertz CT molecular complexity index is 184. The molecular formula is C12H21NO. The molecule has 0 spiro atoms. The van der Waals surface area contributed by atoms with Gasteiger partial charge in [-0.05, 0) is 25.7 Å². The zero-order valence-electron chi connectivity index (χ0n) is 8.95. The Morgan fingerprint density at radius 3 is 2.79 bits per heavy atom. The molecule has 3 unspecified atom stereocenters. The molecule has 2 nitrogen and oxygen atoms in total. The van der Waals surface area contributed by atoms with Crippen molar-refractivity contribution in [2.24, 2.45) is 5.92 Å². The highest BCUT2D eigenvalue weighted by atomic mass is 16.5. The van der Waals surface area contributed by atoms with E-state index in [0.29, 0.717) is 6.10 Å². The third-order valence-corrected chi connectivity index (χ3v) is 4.37.